The lowest BCUT2D eigenvalue weighted by Crippen LogP contribution is -2.02. The van der Waals surface area contributed by atoms with Crippen molar-refractivity contribution in [2.45, 2.75) is 6.10 Å². The van der Waals surface area contributed by atoms with Gasteiger partial charge >= 0.3 is 0 Å². The number of benzene rings is 1. The molecule has 0 aliphatic carbocycles. The summed E-state index contributed by atoms with van der Waals surface area (Å²) in [6.45, 7) is 0. The number of methoxy groups -OCH3 is 1. The summed E-state index contributed by atoms with van der Waals surface area (Å²) in [7, 11) is 1.67. The number of hydrogen-bond acceptors (Lipinski definition) is 3. The first kappa shape index (κ1) is 12.5. The van der Waals surface area contributed by atoms with Crippen LogP contribution in [0.15, 0.2) is 40.2 Å². The molecule has 1 aromatic heterocycles. The smallest absolute Gasteiger partial charge is 0.160 e. The molecule has 2 aromatic rings. The van der Waals surface area contributed by atoms with Crippen LogP contribution in [0.25, 0.3) is 0 Å². The average Bonchev–Trinajstić information content (AvgIpc) is 2.79. The van der Waals surface area contributed by atoms with Gasteiger partial charge in [0.25, 0.3) is 0 Å². The summed E-state index contributed by atoms with van der Waals surface area (Å²) in [5.74, 6) is 0. The summed E-state index contributed by atoms with van der Waals surface area (Å²) >= 11 is 4.87. The molecule has 0 saturated heterocycles. The standard InChI is InChI=1S/C13H11BrO2S/c1-16-13(9-3-2-4-11(14)5-9)10-6-12(7-15)17-8-10/h2-8,13H,1H3. The van der Waals surface area contributed by atoms with Gasteiger partial charge in [0.2, 0.25) is 0 Å². The van der Waals surface area contributed by atoms with E-state index in [1.807, 2.05) is 35.7 Å². The minimum absolute atomic E-state index is 0.127. The molecule has 0 amide bonds. The van der Waals surface area contributed by atoms with Crippen molar-refractivity contribution < 1.29 is 9.53 Å². The van der Waals surface area contributed by atoms with Crippen LogP contribution in [-0.4, -0.2) is 13.4 Å². The van der Waals surface area contributed by atoms with Gasteiger partial charge in [-0.2, -0.15) is 0 Å². The van der Waals surface area contributed by atoms with Gasteiger partial charge in [-0.05, 0) is 34.7 Å². The van der Waals surface area contributed by atoms with E-state index in [-0.39, 0.29) is 6.10 Å². The van der Waals surface area contributed by atoms with Crippen LogP contribution in [0.3, 0.4) is 0 Å². The highest BCUT2D eigenvalue weighted by atomic mass is 79.9. The molecule has 1 unspecified atom stereocenters. The van der Waals surface area contributed by atoms with E-state index in [2.05, 4.69) is 15.9 Å². The Morgan fingerprint density at radius 1 is 1.35 bits per heavy atom. The number of ether oxygens (including phenoxy) is 1. The van der Waals surface area contributed by atoms with Crippen molar-refractivity contribution in [3.63, 3.8) is 0 Å². The van der Waals surface area contributed by atoms with Crippen molar-refractivity contribution in [2.24, 2.45) is 0 Å². The van der Waals surface area contributed by atoms with Crippen molar-refractivity contribution in [3.8, 4) is 0 Å². The quantitative estimate of drug-likeness (QED) is 0.796. The molecule has 0 bridgehead atoms. The number of rotatable bonds is 4. The Kier molecular flexibility index (Phi) is 4.10. The van der Waals surface area contributed by atoms with Crippen molar-refractivity contribution in [1.29, 1.82) is 0 Å². The molecule has 17 heavy (non-hydrogen) atoms. The Bertz CT molecular complexity index is 522. The van der Waals surface area contributed by atoms with Gasteiger partial charge in [0, 0.05) is 11.6 Å². The molecule has 0 radical (unpaired) electrons. The Morgan fingerprint density at radius 3 is 2.76 bits per heavy atom. The Morgan fingerprint density at radius 2 is 2.18 bits per heavy atom. The Hall–Kier alpha value is -0.970. The third kappa shape index (κ3) is 2.83. The zero-order chi connectivity index (χ0) is 12.3. The van der Waals surface area contributed by atoms with Crippen LogP contribution in [0.1, 0.15) is 26.9 Å². The maximum atomic E-state index is 10.7. The molecule has 1 heterocycles. The lowest BCUT2D eigenvalue weighted by Gasteiger charge is -2.14. The maximum Gasteiger partial charge on any atom is 0.160 e. The summed E-state index contributed by atoms with van der Waals surface area (Å²) < 4.78 is 6.52. The van der Waals surface area contributed by atoms with Gasteiger partial charge in [0.05, 0.1) is 4.88 Å². The topological polar surface area (TPSA) is 26.3 Å². The molecule has 4 heteroatoms. The first-order valence-electron chi connectivity index (χ1n) is 5.06. The third-order valence-corrected chi connectivity index (χ3v) is 3.82. The number of carbonyl (C=O) groups excluding carboxylic acids is 1. The van der Waals surface area contributed by atoms with Crippen LogP contribution in [0.5, 0.6) is 0 Å². The highest BCUT2D eigenvalue weighted by Gasteiger charge is 2.15. The van der Waals surface area contributed by atoms with Gasteiger partial charge in [-0.3, -0.25) is 4.79 Å². The van der Waals surface area contributed by atoms with E-state index in [1.54, 1.807) is 7.11 Å². The fraction of sp³-hybridized carbons (Fsp3) is 0.154. The Balaban J connectivity index is 2.36. The SMILES string of the molecule is COC(c1cccc(Br)c1)c1csc(C=O)c1. The van der Waals surface area contributed by atoms with Gasteiger partial charge < -0.3 is 4.74 Å². The second-order valence-electron chi connectivity index (χ2n) is 3.57. The fourth-order valence-corrected chi connectivity index (χ4v) is 2.84. The van der Waals surface area contributed by atoms with E-state index in [0.29, 0.717) is 0 Å². The molecule has 0 N–H and O–H groups in total. The van der Waals surface area contributed by atoms with Crippen molar-refractivity contribution in [3.05, 3.63) is 56.2 Å². The molecule has 2 nitrogen and oxygen atoms in total. The molecule has 0 saturated carbocycles. The number of hydrogen-bond donors (Lipinski definition) is 0. The van der Waals surface area contributed by atoms with E-state index in [9.17, 15) is 4.79 Å². The van der Waals surface area contributed by atoms with Gasteiger partial charge in [-0.1, -0.05) is 28.1 Å². The van der Waals surface area contributed by atoms with Gasteiger partial charge in [0.1, 0.15) is 6.10 Å². The largest absolute Gasteiger partial charge is 0.372 e. The predicted molar refractivity (Wildman–Crippen MR) is 72.7 cm³/mol. The maximum absolute atomic E-state index is 10.7. The lowest BCUT2D eigenvalue weighted by atomic mass is 10.0. The van der Waals surface area contributed by atoms with Gasteiger partial charge in [-0.25, -0.2) is 0 Å². The second-order valence-corrected chi connectivity index (χ2v) is 5.43. The predicted octanol–water partition coefficient (Wildman–Crippen LogP) is 4.06. The molecule has 0 aliphatic rings. The van der Waals surface area contributed by atoms with E-state index in [0.717, 1.165) is 26.8 Å². The van der Waals surface area contributed by atoms with Gasteiger partial charge in [0.15, 0.2) is 6.29 Å². The summed E-state index contributed by atoms with van der Waals surface area (Å²) in [5, 5.41) is 1.96. The summed E-state index contributed by atoms with van der Waals surface area (Å²) in [6.07, 6.45) is 0.736. The van der Waals surface area contributed by atoms with E-state index >= 15 is 0 Å². The molecule has 1 atom stereocenters. The minimum Gasteiger partial charge on any atom is -0.372 e. The van der Waals surface area contributed by atoms with Crippen LogP contribution < -0.4 is 0 Å². The zero-order valence-electron chi connectivity index (χ0n) is 9.22. The number of thiophene rings is 1. The van der Waals surface area contributed by atoms with E-state index < -0.39 is 0 Å². The van der Waals surface area contributed by atoms with Gasteiger partial charge in [-0.15, -0.1) is 11.3 Å². The van der Waals surface area contributed by atoms with Crippen molar-refractivity contribution >= 4 is 33.6 Å². The van der Waals surface area contributed by atoms with Crippen LogP contribution in [-0.2, 0) is 4.74 Å². The van der Waals surface area contributed by atoms with Crippen molar-refractivity contribution in [2.75, 3.05) is 7.11 Å². The lowest BCUT2D eigenvalue weighted by molar-refractivity contribution is 0.112. The first-order chi connectivity index (χ1) is 8.24. The highest BCUT2D eigenvalue weighted by Crippen LogP contribution is 2.29. The third-order valence-electron chi connectivity index (χ3n) is 2.45. The number of carbonyl (C=O) groups is 1. The summed E-state index contributed by atoms with van der Waals surface area (Å²) in [4.78, 5) is 11.4. The zero-order valence-corrected chi connectivity index (χ0v) is 11.6. The molecule has 0 aliphatic heterocycles. The average molecular weight is 311 g/mol. The molecular formula is C13H11BrO2S. The normalized spacial score (nSPS) is 12.4. The highest BCUT2D eigenvalue weighted by molar-refractivity contribution is 9.10. The van der Waals surface area contributed by atoms with Crippen LogP contribution in [0, 0.1) is 0 Å². The van der Waals surface area contributed by atoms with Crippen LogP contribution in [0.2, 0.25) is 0 Å². The first-order valence-corrected chi connectivity index (χ1v) is 6.73. The van der Waals surface area contributed by atoms with E-state index in [1.165, 1.54) is 11.3 Å². The van der Waals surface area contributed by atoms with E-state index in [4.69, 9.17) is 4.74 Å². The molecule has 0 spiro atoms. The fourth-order valence-electron chi connectivity index (χ4n) is 1.70. The molecule has 0 fully saturated rings. The molecule has 88 valence electrons. The second kappa shape index (κ2) is 5.58. The summed E-state index contributed by atoms with van der Waals surface area (Å²) in [6, 6.07) is 9.84. The molecule has 2 rings (SSSR count). The number of halogens is 1. The van der Waals surface area contributed by atoms with Crippen LogP contribution in [0.4, 0.5) is 0 Å². The monoisotopic (exact) mass is 310 g/mol. The molecule has 1 aromatic carbocycles. The summed E-state index contributed by atoms with van der Waals surface area (Å²) in [5.41, 5.74) is 2.08. The van der Waals surface area contributed by atoms with Crippen molar-refractivity contribution in [1.82, 2.24) is 0 Å². The minimum atomic E-state index is -0.127. The Labute approximate surface area is 112 Å². The number of aldehydes is 1. The van der Waals surface area contributed by atoms with Crippen LogP contribution >= 0.6 is 27.3 Å². The molecular weight excluding hydrogens is 300 g/mol.